The van der Waals surface area contributed by atoms with Crippen molar-refractivity contribution in [1.82, 2.24) is 4.90 Å². The molecule has 0 fully saturated rings. The van der Waals surface area contributed by atoms with E-state index in [-0.39, 0.29) is 6.10 Å². The Morgan fingerprint density at radius 3 is 2.27 bits per heavy atom. The molecule has 0 bridgehead atoms. The van der Waals surface area contributed by atoms with Crippen LogP contribution in [0.4, 0.5) is 0 Å². The minimum absolute atomic E-state index is 0.168. The van der Waals surface area contributed by atoms with Gasteiger partial charge >= 0.3 is 0 Å². The summed E-state index contributed by atoms with van der Waals surface area (Å²) in [5.41, 5.74) is 0. The van der Waals surface area contributed by atoms with Crippen LogP contribution in [-0.2, 0) is 9.47 Å². The van der Waals surface area contributed by atoms with Crippen LogP contribution in [0.2, 0.25) is 0 Å². The molecule has 0 amide bonds. The van der Waals surface area contributed by atoms with Crippen molar-refractivity contribution < 1.29 is 14.6 Å². The Labute approximate surface area is 93.2 Å². The summed E-state index contributed by atoms with van der Waals surface area (Å²) in [6.45, 7) is 7.67. The first-order chi connectivity index (χ1) is 6.97. The Hall–Kier alpha value is -0.160. The van der Waals surface area contributed by atoms with Crippen molar-refractivity contribution in [2.45, 2.75) is 39.0 Å². The van der Waals surface area contributed by atoms with Crippen LogP contribution >= 0.6 is 0 Å². The van der Waals surface area contributed by atoms with Crippen molar-refractivity contribution in [3.05, 3.63) is 0 Å². The summed E-state index contributed by atoms with van der Waals surface area (Å²) in [6, 6.07) is 0.309. The molecular weight excluding hydrogens is 194 g/mol. The van der Waals surface area contributed by atoms with Crippen LogP contribution in [0, 0.1) is 0 Å². The number of rotatable bonds is 8. The van der Waals surface area contributed by atoms with Crippen molar-refractivity contribution in [2.24, 2.45) is 0 Å². The van der Waals surface area contributed by atoms with Gasteiger partial charge < -0.3 is 14.6 Å². The third-order valence-corrected chi connectivity index (χ3v) is 2.28. The number of ether oxygens (including phenoxy) is 2. The van der Waals surface area contributed by atoms with Crippen molar-refractivity contribution in [3.8, 4) is 0 Å². The van der Waals surface area contributed by atoms with Crippen LogP contribution in [0.25, 0.3) is 0 Å². The molecule has 0 heterocycles. The molecule has 2 atom stereocenters. The fraction of sp³-hybridized carbons (Fsp3) is 1.00. The average Bonchev–Trinajstić information content (AvgIpc) is 2.15. The monoisotopic (exact) mass is 219 g/mol. The molecule has 0 rings (SSSR count). The summed E-state index contributed by atoms with van der Waals surface area (Å²) in [4.78, 5) is 2.07. The standard InChI is InChI=1S/C11H25NO3/c1-9(2)15-8-11(13)6-12(4)10(3)7-14-5/h9-11,13H,6-8H2,1-5H3. The Morgan fingerprint density at radius 2 is 1.80 bits per heavy atom. The maximum absolute atomic E-state index is 9.68. The summed E-state index contributed by atoms with van der Waals surface area (Å²) < 4.78 is 10.4. The largest absolute Gasteiger partial charge is 0.389 e. The normalized spacial score (nSPS) is 16.0. The van der Waals surface area contributed by atoms with Gasteiger partial charge in [0.2, 0.25) is 0 Å². The van der Waals surface area contributed by atoms with Gasteiger partial charge in [-0.2, -0.15) is 0 Å². The molecule has 0 aromatic carbocycles. The molecule has 4 nitrogen and oxygen atoms in total. The highest BCUT2D eigenvalue weighted by Crippen LogP contribution is 1.99. The summed E-state index contributed by atoms with van der Waals surface area (Å²) >= 11 is 0. The molecule has 92 valence electrons. The SMILES string of the molecule is COCC(C)N(C)CC(O)COC(C)C. The van der Waals surface area contributed by atoms with Crippen molar-refractivity contribution >= 4 is 0 Å². The van der Waals surface area contributed by atoms with Gasteiger partial charge in [-0.25, -0.2) is 0 Å². The van der Waals surface area contributed by atoms with E-state index in [1.54, 1.807) is 7.11 Å². The van der Waals surface area contributed by atoms with Gasteiger partial charge in [-0.15, -0.1) is 0 Å². The molecular formula is C11H25NO3. The minimum Gasteiger partial charge on any atom is -0.389 e. The van der Waals surface area contributed by atoms with Gasteiger partial charge in [-0.3, -0.25) is 4.90 Å². The van der Waals surface area contributed by atoms with Gasteiger partial charge in [-0.1, -0.05) is 0 Å². The van der Waals surface area contributed by atoms with Crippen LogP contribution in [0.5, 0.6) is 0 Å². The van der Waals surface area contributed by atoms with E-state index in [1.807, 2.05) is 20.9 Å². The highest BCUT2D eigenvalue weighted by Gasteiger charge is 2.14. The van der Waals surface area contributed by atoms with Crippen LogP contribution in [-0.4, -0.2) is 62.2 Å². The molecule has 0 aliphatic heterocycles. The zero-order valence-electron chi connectivity index (χ0n) is 10.6. The molecule has 0 radical (unpaired) electrons. The second-order valence-corrected chi connectivity index (χ2v) is 4.28. The fourth-order valence-electron chi connectivity index (χ4n) is 1.24. The average molecular weight is 219 g/mol. The first kappa shape index (κ1) is 14.8. The summed E-state index contributed by atoms with van der Waals surface area (Å²) in [5.74, 6) is 0. The molecule has 0 aliphatic rings. The lowest BCUT2D eigenvalue weighted by Crippen LogP contribution is -2.40. The Bertz CT molecular complexity index is 153. The topological polar surface area (TPSA) is 41.9 Å². The first-order valence-corrected chi connectivity index (χ1v) is 5.46. The minimum atomic E-state index is -0.434. The number of aliphatic hydroxyl groups excluding tert-OH is 1. The molecule has 0 aromatic heterocycles. The molecule has 1 N–H and O–H groups in total. The molecule has 0 aliphatic carbocycles. The van der Waals surface area contributed by atoms with Gasteiger partial charge in [0.15, 0.2) is 0 Å². The number of hydrogen-bond donors (Lipinski definition) is 1. The van der Waals surface area contributed by atoms with Crippen LogP contribution in [0.3, 0.4) is 0 Å². The van der Waals surface area contributed by atoms with E-state index >= 15 is 0 Å². The van der Waals surface area contributed by atoms with Gasteiger partial charge in [0, 0.05) is 19.7 Å². The van der Waals surface area contributed by atoms with E-state index < -0.39 is 6.10 Å². The van der Waals surface area contributed by atoms with Gasteiger partial charge in [-0.05, 0) is 27.8 Å². The lowest BCUT2D eigenvalue weighted by molar-refractivity contribution is -0.0136. The second kappa shape index (κ2) is 8.05. The molecule has 15 heavy (non-hydrogen) atoms. The van der Waals surface area contributed by atoms with Crippen LogP contribution in [0.1, 0.15) is 20.8 Å². The number of hydrogen-bond acceptors (Lipinski definition) is 4. The maximum Gasteiger partial charge on any atom is 0.0900 e. The van der Waals surface area contributed by atoms with E-state index in [0.29, 0.717) is 25.8 Å². The Kier molecular flexibility index (Phi) is 7.96. The highest BCUT2D eigenvalue weighted by molar-refractivity contribution is 4.67. The maximum atomic E-state index is 9.68. The summed E-state index contributed by atoms with van der Waals surface area (Å²) in [7, 11) is 3.66. The van der Waals surface area contributed by atoms with Gasteiger partial charge in [0.25, 0.3) is 0 Å². The fourth-order valence-corrected chi connectivity index (χ4v) is 1.24. The predicted octanol–water partition coefficient (Wildman–Crippen LogP) is 0.739. The van der Waals surface area contributed by atoms with Gasteiger partial charge in [0.1, 0.15) is 0 Å². The molecule has 0 aromatic rings. The summed E-state index contributed by atoms with van der Waals surface area (Å²) in [5, 5.41) is 9.68. The van der Waals surface area contributed by atoms with Crippen molar-refractivity contribution in [3.63, 3.8) is 0 Å². The second-order valence-electron chi connectivity index (χ2n) is 4.28. The van der Waals surface area contributed by atoms with Crippen molar-refractivity contribution in [1.29, 1.82) is 0 Å². The summed E-state index contributed by atoms with van der Waals surface area (Å²) in [6.07, 6.45) is -0.266. The lowest BCUT2D eigenvalue weighted by atomic mass is 10.2. The molecule has 4 heteroatoms. The lowest BCUT2D eigenvalue weighted by Gasteiger charge is -2.26. The molecule has 2 unspecified atom stereocenters. The van der Waals surface area contributed by atoms with Crippen LogP contribution < -0.4 is 0 Å². The number of likely N-dealkylation sites (N-methyl/N-ethyl adjacent to an activating group) is 1. The Morgan fingerprint density at radius 1 is 1.20 bits per heavy atom. The third-order valence-electron chi connectivity index (χ3n) is 2.28. The molecule has 0 saturated heterocycles. The number of nitrogens with zero attached hydrogens (tertiary/aromatic N) is 1. The quantitative estimate of drug-likeness (QED) is 0.654. The smallest absolute Gasteiger partial charge is 0.0900 e. The highest BCUT2D eigenvalue weighted by atomic mass is 16.5. The van der Waals surface area contributed by atoms with Crippen molar-refractivity contribution in [2.75, 3.05) is 33.9 Å². The van der Waals surface area contributed by atoms with E-state index in [1.165, 1.54) is 0 Å². The third kappa shape index (κ3) is 7.73. The number of aliphatic hydroxyl groups is 1. The van der Waals surface area contributed by atoms with E-state index in [0.717, 1.165) is 0 Å². The van der Waals surface area contributed by atoms with E-state index in [2.05, 4.69) is 11.8 Å². The molecule has 0 spiro atoms. The van der Waals surface area contributed by atoms with E-state index in [9.17, 15) is 5.11 Å². The zero-order chi connectivity index (χ0) is 11.8. The van der Waals surface area contributed by atoms with Gasteiger partial charge in [0.05, 0.1) is 25.4 Å². The number of methoxy groups -OCH3 is 1. The first-order valence-electron chi connectivity index (χ1n) is 5.46. The van der Waals surface area contributed by atoms with Crippen LogP contribution in [0.15, 0.2) is 0 Å². The van der Waals surface area contributed by atoms with E-state index in [4.69, 9.17) is 9.47 Å². The zero-order valence-corrected chi connectivity index (χ0v) is 10.6. The Balaban J connectivity index is 3.69. The predicted molar refractivity (Wildman–Crippen MR) is 61.1 cm³/mol. The molecule has 0 saturated carbocycles.